The number of halogens is 4. The molecular weight excluding hydrogens is 847 g/mol. The van der Waals surface area contributed by atoms with E-state index in [2.05, 4.69) is 205 Å². The van der Waals surface area contributed by atoms with Crippen molar-refractivity contribution in [3.8, 4) is 22.5 Å². The summed E-state index contributed by atoms with van der Waals surface area (Å²) in [5.41, 5.74) is 12.6. The Morgan fingerprint density at radius 1 is 0.364 bits per heavy atom. The standard InChI is InChI=1S/C30H19ClN2.C13H10.C6H3Br2Cl/c31-20-17-21(32-27-13-5-1-9-23(27)24-10-2-6-14-28(24)32)19-22(18-20)33-29-15-7-3-11-25(29)26-12-4-8-16-30(26)33;1-3-7-12-10(5-1)9-11-6-2-4-8-13(11)12;7-4-1-5(8)3-6(9)2-4/h1-19H;1-8H,9H2;1-3H. The molecule has 0 amide bonds. The van der Waals surface area contributed by atoms with Crippen molar-refractivity contribution < 1.29 is 0 Å². The molecule has 10 aromatic rings. The maximum atomic E-state index is 6.76. The highest BCUT2D eigenvalue weighted by Gasteiger charge is 2.17. The van der Waals surface area contributed by atoms with Crippen LogP contribution >= 0.6 is 55.1 Å². The average Bonchev–Trinajstić information content (AvgIpc) is 3.86. The fourth-order valence-corrected chi connectivity index (χ4v) is 9.83. The van der Waals surface area contributed by atoms with Gasteiger partial charge in [-0.15, -0.1) is 0 Å². The molecule has 266 valence electrons. The van der Waals surface area contributed by atoms with Gasteiger partial charge in [0, 0.05) is 51.9 Å². The number of fused-ring (bicyclic) bond motifs is 9. The molecule has 2 heterocycles. The van der Waals surface area contributed by atoms with Crippen LogP contribution in [0.15, 0.2) is 191 Å². The second-order valence-corrected chi connectivity index (χ2v) is 16.2. The molecule has 0 aliphatic heterocycles. The molecule has 1 aliphatic rings. The number of benzene rings is 8. The Hall–Kier alpha value is -5.10. The predicted octanol–water partition coefficient (Wildman–Crippen LogP) is 15.7. The zero-order valence-corrected chi connectivity index (χ0v) is 34.1. The highest BCUT2D eigenvalue weighted by atomic mass is 79.9. The summed E-state index contributed by atoms with van der Waals surface area (Å²) in [6, 6.07) is 63.5. The van der Waals surface area contributed by atoms with Gasteiger partial charge in [0.25, 0.3) is 0 Å². The lowest BCUT2D eigenvalue weighted by Crippen LogP contribution is -1.99. The number of hydrogen-bond donors (Lipinski definition) is 0. The summed E-state index contributed by atoms with van der Waals surface area (Å²) in [5, 5.41) is 6.42. The van der Waals surface area contributed by atoms with Crippen LogP contribution in [-0.4, -0.2) is 9.13 Å². The molecule has 0 spiro atoms. The Bertz CT molecular complexity index is 2700. The van der Waals surface area contributed by atoms with Crippen LogP contribution in [0.1, 0.15) is 11.1 Å². The highest BCUT2D eigenvalue weighted by molar-refractivity contribution is 9.11. The Labute approximate surface area is 346 Å². The SMILES string of the molecule is Clc1cc(-n2c3ccccc3c3ccccc32)cc(-n2c3ccccc3c3ccccc32)c1.Clc1cc(Br)cc(Br)c1.c1ccc2c(c1)Cc1ccccc1-2. The second-order valence-electron chi connectivity index (χ2n) is 13.5. The summed E-state index contributed by atoms with van der Waals surface area (Å²) in [5.74, 6) is 0. The maximum absolute atomic E-state index is 6.76. The van der Waals surface area contributed by atoms with Crippen molar-refractivity contribution in [2.45, 2.75) is 6.42 Å². The maximum Gasteiger partial charge on any atom is 0.0541 e. The van der Waals surface area contributed by atoms with E-state index in [1.54, 1.807) is 0 Å². The summed E-state index contributed by atoms with van der Waals surface area (Å²) in [7, 11) is 0. The monoisotopic (exact) mass is 876 g/mol. The van der Waals surface area contributed by atoms with Gasteiger partial charge in [0.1, 0.15) is 0 Å². The molecule has 11 rings (SSSR count). The van der Waals surface area contributed by atoms with E-state index >= 15 is 0 Å². The van der Waals surface area contributed by atoms with E-state index < -0.39 is 0 Å². The first kappa shape index (κ1) is 35.6. The van der Waals surface area contributed by atoms with Gasteiger partial charge in [0.05, 0.1) is 22.1 Å². The number of rotatable bonds is 2. The molecule has 0 saturated carbocycles. The van der Waals surface area contributed by atoms with E-state index in [4.69, 9.17) is 23.2 Å². The van der Waals surface area contributed by atoms with Crippen molar-refractivity contribution in [2.24, 2.45) is 0 Å². The van der Waals surface area contributed by atoms with Crippen molar-refractivity contribution in [3.63, 3.8) is 0 Å². The zero-order valence-electron chi connectivity index (χ0n) is 29.4. The fourth-order valence-electron chi connectivity index (χ4n) is 7.82. The molecule has 0 radical (unpaired) electrons. The summed E-state index contributed by atoms with van der Waals surface area (Å²) >= 11 is 19.0. The lowest BCUT2D eigenvalue weighted by Gasteiger charge is -2.13. The van der Waals surface area contributed by atoms with Gasteiger partial charge in [-0.1, -0.05) is 176 Å². The average molecular weight is 880 g/mol. The first-order chi connectivity index (χ1) is 26.9. The Kier molecular flexibility index (Phi) is 9.84. The third-order valence-corrected chi connectivity index (χ3v) is 11.4. The van der Waals surface area contributed by atoms with E-state index in [1.807, 2.05) is 18.2 Å². The van der Waals surface area contributed by atoms with Crippen LogP contribution in [0.3, 0.4) is 0 Å². The molecule has 1 aliphatic carbocycles. The number of aromatic nitrogens is 2. The van der Waals surface area contributed by atoms with Gasteiger partial charge in [-0.3, -0.25) is 0 Å². The minimum atomic E-state index is 0.714. The van der Waals surface area contributed by atoms with E-state index in [0.29, 0.717) is 5.02 Å². The van der Waals surface area contributed by atoms with Crippen molar-refractivity contribution in [3.05, 3.63) is 212 Å². The van der Waals surface area contributed by atoms with E-state index in [-0.39, 0.29) is 0 Å². The summed E-state index contributed by atoms with van der Waals surface area (Å²) < 4.78 is 6.60. The van der Waals surface area contributed by atoms with Crippen LogP contribution in [0, 0.1) is 0 Å². The van der Waals surface area contributed by atoms with Gasteiger partial charge in [-0.05, 0) is 89.3 Å². The van der Waals surface area contributed by atoms with E-state index in [0.717, 1.165) is 31.8 Å². The quantitative estimate of drug-likeness (QED) is 0.164. The van der Waals surface area contributed by atoms with Crippen molar-refractivity contribution in [1.29, 1.82) is 0 Å². The Morgan fingerprint density at radius 3 is 1.07 bits per heavy atom. The summed E-state index contributed by atoms with van der Waals surface area (Å²) in [6.07, 6.45) is 1.10. The van der Waals surface area contributed by atoms with Gasteiger partial charge in [0.2, 0.25) is 0 Å². The molecule has 0 unspecified atom stereocenters. The van der Waals surface area contributed by atoms with E-state index in [1.165, 1.54) is 65.9 Å². The minimum Gasteiger partial charge on any atom is -0.309 e. The normalized spacial score (nSPS) is 11.6. The smallest absolute Gasteiger partial charge is 0.0541 e. The topological polar surface area (TPSA) is 9.86 Å². The van der Waals surface area contributed by atoms with E-state index in [9.17, 15) is 0 Å². The van der Waals surface area contributed by atoms with Crippen LogP contribution in [-0.2, 0) is 6.42 Å². The first-order valence-electron chi connectivity index (χ1n) is 18.0. The second kappa shape index (κ2) is 15.2. The molecule has 2 aromatic heterocycles. The largest absolute Gasteiger partial charge is 0.309 e. The molecule has 0 saturated heterocycles. The molecule has 55 heavy (non-hydrogen) atoms. The number of para-hydroxylation sites is 4. The molecule has 6 heteroatoms. The number of nitrogens with zero attached hydrogens (tertiary/aromatic N) is 2. The predicted molar refractivity (Wildman–Crippen MR) is 242 cm³/mol. The van der Waals surface area contributed by atoms with Crippen molar-refractivity contribution in [1.82, 2.24) is 9.13 Å². The molecule has 2 nitrogen and oxygen atoms in total. The van der Waals surface area contributed by atoms with Gasteiger partial charge < -0.3 is 9.13 Å². The molecule has 0 fully saturated rings. The lowest BCUT2D eigenvalue weighted by atomic mass is 10.1. The molecule has 0 atom stereocenters. The summed E-state index contributed by atoms with van der Waals surface area (Å²) in [6.45, 7) is 0. The van der Waals surface area contributed by atoms with Crippen LogP contribution in [0.25, 0.3) is 66.1 Å². The van der Waals surface area contributed by atoms with Gasteiger partial charge in [-0.2, -0.15) is 0 Å². The Morgan fingerprint density at radius 2 is 0.691 bits per heavy atom. The van der Waals surface area contributed by atoms with Gasteiger partial charge in [-0.25, -0.2) is 0 Å². The third-order valence-electron chi connectivity index (χ3n) is 10.1. The fraction of sp³-hybridized carbons (Fsp3) is 0.0204. The first-order valence-corrected chi connectivity index (χ1v) is 20.3. The van der Waals surface area contributed by atoms with Gasteiger partial charge in [0.15, 0.2) is 0 Å². The molecule has 0 bridgehead atoms. The molecule has 0 N–H and O–H groups in total. The Balaban J connectivity index is 0.000000147. The zero-order chi connectivity index (χ0) is 37.5. The molecular formula is C49H32Br2Cl2N2. The number of hydrogen-bond acceptors (Lipinski definition) is 0. The third kappa shape index (κ3) is 6.89. The minimum absolute atomic E-state index is 0.714. The lowest BCUT2D eigenvalue weighted by molar-refractivity contribution is 1.13. The van der Waals surface area contributed by atoms with Crippen LogP contribution in [0.4, 0.5) is 0 Å². The van der Waals surface area contributed by atoms with Gasteiger partial charge >= 0.3 is 0 Å². The highest BCUT2D eigenvalue weighted by Crippen LogP contribution is 2.37. The molecule has 8 aromatic carbocycles. The summed E-state index contributed by atoms with van der Waals surface area (Å²) in [4.78, 5) is 0. The van der Waals surface area contributed by atoms with Crippen LogP contribution < -0.4 is 0 Å². The van der Waals surface area contributed by atoms with Crippen LogP contribution in [0.5, 0.6) is 0 Å². The van der Waals surface area contributed by atoms with Crippen LogP contribution in [0.2, 0.25) is 10.0 Å². The van der Waals surface area contributed by atoms with Crippen molar-refractivity contribution in [2.75, 3.05) is 0 Å². The van der Waals surface area contributed by atoms with Crippen molar-refractivity contribution >= 4 is 98.7 Å².